The molecule has 1 heterocycles. The van der Waals surface area contributed by atoms with Gasteiger partial charge in [-0.05, 0) is 18.1 Å². The van der Waals surface area contributed by atoms with Crippen LogP contribution >= 0.6 is 0 Å². The summed E-state index contributed by atoms with van der Waals surface area (Å²) >= 11 is 0. The van der Waals surface area contributed by atoms with E-state index in [1.807, 2.05) is 7.05 Å². The standard InChI is InChI=1S/C12H19N3O/c1-4-9(2)8-15(3)12(16)10-5-6-11(13)14-7-10/h5-7,9H,4,8H2,1-3H3,(H2,13,14). The molecule has 1 unspecified atom stereocenters. The lowest BCUT2D eigenvalue weighted by Crippen LogP contribution is -2.30. The van der Waals surface area contributed by atoms with Crippen LogP contribution in [-0.2, 0) is 0 Å². The first-order valence-corrected chi connectivity index (χ1v) is 5.51. The Morgan fingerprint density at radius 2 is 2.25 bits per heavy atom. The SMILES string of the molecule is CCC(C)CN(C)C(=O)c1ccc(N)nc1. The molecule has 0 aliphatic heterocycles. The van der Waals surface area contributed by atoms with Crippen molar-refractivity contribution in [2.24, 2.45) is 5.92 Å². The molecule has 0 aromatic carbocycles. The van der Waals surface area contributed by atoms with Crippen LogP contribution in [0.5, 0.6) is 0 Å². The van der Waals surface area contributed by atoms with Crippen molar-refractivity contribution in [3.8, 4) is 0 Å². The molecule has 0 aliphatic rings. The van der Waals surface area contributed by atoms with E-state index < -0.39 is 0 Å². The van der Waals surface area contributed by atoms with Crippen LogP contribution in [-0.4, -0.2) is 29.4 Å². The van der Waals surface area contributed by atoms with Crippen molar-refractivity contribution < 1.29 is 4.79 Å². The Kier molecular flexibility index (Phi) is 4.28. The molecule has 1 rings (SSSR count). The summed E-state index contributed by atoms with van der Waals surface area (Å²) in [7, 11) is 1.81. The lowest BCUT2D eigenvalue weighted by atomic mass is 10.1. The normalized spacial score (nSPS) is 12.2. The zero-order valence-corrected chi connectivity index (χ0v) is 10.1. The van der Waals surface area contributed by atoms with Crippen LogP contribution in [0.4, 0.5) is 5.82 Å². The molecule has 0 spiro atoms. The number of aromatic nitrogens is 1. The molecule has 1 aromatic heterocycles. The Labute approximate surface area is 96.5 Å². The molecule has 1 amide bonds. The van der Waals surface area contributed by atoms with Gasteiger partial charge in [-0.1, -0.05) is 20.3 Å². The molecule has 1 aromatic rings. The second kappa shape index (κ2) is 5.49. The molecule has 0 aliphatic carbocycles. The largest absolute Gasteiger partial charge is 0.384 e. The van der Waals surface area contributed by atoms with Crippen molar-refractivity contribution in [1.82, 2.24) is 9.88 Å². The van der Waals surface area contributed by atoms with Gasteiger partial charge in [-0.15, -0.1) is 0 Å². The van der Waals surface area contributed by atoms with Gasteiger partial charge in [0.2, 0.25) is 0 Å². The number of rotatable bonds is 4. The number of nitrogen functional groups attached to an aromatic ring is 1. The molecule has 0 fully saturated rings. The van der Waals surface area contributed by atoms with Crippen molar-refractivity contribution in [3.63, 3.8) is 0 Å². The van der Waals surface area contributed by atoms with Crippen LogP contribution in [0.3, 0.4) is 0 Å². The number of hydrogen-bond donors (Lipinski definition) is 1. The fraction of sp³-hybridized carbons (Fsp3) is 0.500. The summed E-state index contributed by atoms with van der Waals surface area (Å²) in [5, 5.41) is 0. The topological polar surface area (TPSA) is 59.2 Å². The number of amides is 1. The molecular formula is C12H19N3O. The van der Waals surface area contributed by atoms with E-state index in [1.54, 1.807) is 17.0 Å². The zero-order valence-electron chi connectivity index (χ0n) is 10.1. The molecule has 2 N–H and O–H groups in total. The van der Waals surface area contributed by atoms with Crippen LogP contribution < -0.4 is 5.73 Å². The molecule has 4 nitrogen and oxygen atoms in total. The van der Waals surface area contributed by atoms with Crippen molar-refractivity contribution in [1.29, 1.82) is 0 Å². The minimum atomic E-state index is -0.00667. The Bertz CT molecular complexity index is 348. The van der Waals surface area contributed by atoms with Crippen molar-refractivity contribution >= 4 is 11.7 Å². The second-order valence-electron chi connectivity index (χ2n) is 4.17. The first-order valence-electron chi connectivity index (χ1n) is 5.51. The summed E-state index contributed by atoms with van der Waals surface area (Å²) in [6.07, 6.45) is 2.59. The van der Waals surface area contributed by atoms with E-state index in [2.05, 4.69) is 18.8 Å². The van der Waals surface area contributed by atoms with Gasteiger partial charge in [-0.3, -0.25) is 4.79 Å². The second-order valence-corrected chi connectivity index (χ2v) is 4.17. The molecule has 0 saturated carbocycles. The number of pyridine rings is 1. The number of hydrogen-bond acceptors (Lipinski definition) is 3. The third kappa shape index (κ3) is 3.22. The predicted molar refractivity (Wildman–Crippen MR) is 65.1 cm³/mol. The van der Waals surface area contributed by atoms with E-state index in [0.717, 1.165) is 13.0 Å². The zero-order chi connectivity index (χ0) is 12.1. The fourth-order valence-corrected chi connectivity index (χ4v) is 1.43. The summed E-state index contributed by atoms with van der Waals surface area (Å²) in [6.45, 7) is 5.01. The van der Waals surface area contributed by atoms with Gasteiger partial charge >= 0.3 is 0 Å². The average molecular weight is 221 g/mol. The number of nitrogens with two attached hydrogens (primary N) is 1. The maximum absolute atomic E-state index is 12.0. The van der Waals surface area contributed by atoms with E-state index in [4.69, 9.17) is 5.73 Å². The molecule has 0 radical (unpaired) electrons. The number of anilines is 1. The maximum Gasteiger partial charge on any atom is 0.255 e. The molecule has 1 atom stereocenters. The highest BCUT2D eigenvalue weighted by atomic mass is 16.2. The monoisotopic (exact) mass is 221 g/mol. The van der Waals surface area contributed by atoms with Crippen molar-refractivity contribution in [3.05, 3.63) is 23.9 Å². The summed E-state index contributed by atoms with van der Waals surface area (Å²) in [5.74, 6) is 0.935. The Morgan fingerprint density at radius 1 is 1.56 bits per heavy atom. The van der Waals surface area contributed by atoms with Crippen LogP contribution in [0.1, 0.15) is 30.6 Å². The predicted octanol–water partition coefficient (Wildman–Crippen LogP) is 1.78. The first kappa shape index (κ1) is 12.5. The maximum atomic E-state index is 12.0. The quantitative estimate of drug-likeness (QED) is 0.843. The third-order valence-corrected chi connectivity index (χ3v) is 2.66. The molecular weight excluding hydrogens is 202 g/mol. The van der Waals surface area contributed by atoms with Gasteiger partial charge in [0.25, 0.3) is 5.91 Å². The van der Waals surface area contributed by atoms with Crippen LogP contribution in [0, 0.1) is 5.92 Å². The van der Waals surface area contributed by atoms with Crippen molar-refractivity contribution in [2.45, 2.75) is 20.3 Å². The fourth-order valence-electron chi connectivity index (χ4n) is 1.43. The summed E-state index contributed by atoms with van der Waals surface area (Å²) in [6, 6.07) is 3.35. The van der Waals surface area contributed by atoms with Crippen LogP contribution in [0.25, 0.3) is 0 Å². The van der Waals surface area contributed by atoms with E-state index in [-0.39, 0.29) is 5.91 Å². The Morgan fingerprint density at radius 3 is 2.75 bits per heavy atom. The highest BCUT2D eigenvalue weighted by molar-refractivity contribution is 5.93. The lowest BCUT2D eigenvalue weighted by molar-refractivity contribution is 0.0774. The number of carbonyl (C=O) groups is 1. The van der Waals surface area contributed by atoms with Gasteiger partial charge in [-0.25, -0.2) is 4.98 Å². The van der Waals surface area contributed by atoms with Gasteiger partial charge in [0.05, 0.1) is 5.56 Å². The summed E-state index contributed by atoms with van der Waals surface area (Å²) < 4.78 is 0. The molecule has 0 bridgehead atoms. The minimum absolute atomic E-state index is 0.00667. The molecule has 88 valence electrons. The van der Waals surface area contributed by atoms with E-state index in [0.29, 0.717) is 17.3 Å². The van der Waals surface area contributed by atoms with E-state index in [9.17, 15) is 4.79 Å². The molecule has 16 heavy (non-hydrogen) atoms. The smallest absolute Gasteiger partial charge is 0.255 e. The van der Waals surface area contributed by atoms with Gasteiger partial charge in [0.15, 0.2) is 0 Å². The van der Waals surface area contributed by atoms with E-state index in [1.165, 1.54) is 6.20 Å². The van der Waals surface area contributed by atoms with Gasteiger partial charge < -0.3 is 10.6 Å². The molecule has 4 heteroatoms. The highest BCUT2D eigenvalue weighted by Crippen LogP contribution is 2.08. The first-order chi connectivity index (χ1) is 7.54. The minimum Gasteiger partial charge on any atom is -0.384 e. The average Bonchev–Trinajstić information content (AvgIpc) is 2.28. The Hall–Kier alpha value is -1.58. The van der Waals surface area contributed by atoms with Gasteiger partial charge in [-0.2, -0.15) is 0 Å². The summed E-state index contributed by atoms with van der Waals surface area (Å²) in [5.41, 5.74) is 6.05. The van der Waals surface area contributed by atoms with E-state index >= 15 is 0 Å². The Balaban J connectivity index is 2.67. The third-order valence-electron chi connectivity index (χ3n) is 2.66. The summed E-state index contributed by atoms with van der Waals surface area (Å²) in [4.78, 5) is 17.6. The lowest BCUT2D eigenvalue weighted by Gasteiger charge is -2.20. The van der Waals surface area contributed by atoms with Gasteiger partial charge in [0.1, 0.15) is 5.82 Å². The van der Waals surface area contributed by atoms with Gasteiger partial charge in [0, 0.05) is 19.8 Å². The number of carbonyl (C=O) groups excluding carboxylic acids is 1. The molecule has 0 saturated heterocycles. The van der Waals surface area contributed by atoms with Crippen molar-refractivity contribution in [2.75, 3.05) is 19.3 Å². The van der Waals surface area contributed by atoms with Crippen LogP contribution in [0.15, 0.2) is 18.3 Å². The van der Waals surface area contributed by atoms with Crippen LogP contribution in [0.2, 0.25) is 0 Å². The number of nitrogens with zero attached hydrogens (tertiary/aromatic N) is 2. The highest BCUT2D eigenvalue weighted by Gasteiger charge is 2.13.